The lowest BCUT2D eigenvalue weighted by Crippen LogP contribution is -1.94. The zero-order valence-electron chi connectivity index (χ0n) is 8.04. The van der Waals surface area contributed by atoms with Gasteiger partial charge in [0.15, 0.2) is 5.82 Å². The van der Waals surface area contributed by atoms with E-state index < -0.39 is 0 Å². The van der Waals surface area contributed by atoms with E-state index in [9.17, 15) is 0 Å². The minimum atomic E-state index is 0.290. The molecule has 1 heterocycles. The van der Waals surface area contributed by atoms with Crippen molar-refractivity contribution >= 4 is 0 Å². The number of aromatic amines is 1. The van der Waals surface area contributed by atoms with Crippen LogP contribution in [0.25, 0.3) is 0 Å². The fraction of sp³-hybridized carbons (Fsp3) is 0.667. The molecule has 0 unspecified atom stereocenters. The summed E-state index contributed by atoms with van der Waals surface area (Å²) in [5.74, 6) is 2.16. The fourth-order valence-electron chi connectivity index (χ4n) is 1.02. The molecule has 0 aliphatic rings. The van der Waals surface area contributed by atoms with Crippen LogP contribution < -0.4 is 0 Å². The smallest absolute Gasteiger partial charge is 0.164 e. The van der Waals surface area contributed by atoms with Gasteiger partial charge >= 0.3 is 0 Å². The van der Waals surface area contributed by atoms with Gasteiger partial charge in [-0.3, -0.25) is 5.10 Å². The Morgan fingerprint density at radius 2 is 2.31 bits per heavy atom. The molecule has 70 valence electrons. The lowest BCUT2D eigenvalue weighted by atomic mass is 10.1. The molecule has 0 bridgehead atoms. The van der Waals surface area contributed by atoms with Gasteiger partial charge in [-0.15, -0.1) is 0 Å². The van der Waals surface area contributed by atoms with Gasteiger partial charge in [-0.1, -0.05) is 13.8 Å². The van der Waals surface area contributed by atoms with Crippen molar-refractivity contribution < 1.29 is 0 Å². The van der Waals surface area contributed by atoms with Crippen molar-refractivity contribution in [2.24, 2.45) is 5.92 Å². The zero-order chi connectivity index (χ0) is 9.68. The Bertz CT molecular complexity index is 295. The van der Waals surface area contributed by atoms with Gasteiger partial charge in [-0.25, -0.2) is 4.98 Å². The van der Waals surface area contributed by atoms with Crippen molar-refractivity contribution in [2.45, 2.75) is 33.1 Å². The highest BCUT2D eigenvalue weighted by atomic mass is 15.2. The number of H-pyrrole nitrogens is 1. The lowest BCUT2D eigenvalue weighted by Gasteiger charge is -1.99. The van der Waals surface area contributed by atoms with Crippen LogP contribution >= 0.6 is 0 Å². The van der Waals surface area contributed by atoms with Crippen LogP contribution in [0.3, 0.4) is 0 Å². The summed E-state index contributed by atoms with van der Waals surface area (Å²) in [6.45, 7) is 4.35. The molecule has 0 aliphatic heterocycles. The molecule has 0 aliphatic carbocycles. The molecule has 0 saturated carbocycles. The first-order valence-corrected chi connectivity index (χ1v) is 4.49. The Morgan fingerprint density at radius 1 is 1.54 bits per heavy atom. The molecule has 4 heteroatoms. The quantitative estimate of drug-likeness (QED) is 0.759. The van der Waals surface area contributed by atoms with E-state index >= 15 is 0 Å². The number of nitriles is 1. The molecular weight excluding hydrogens is 164 g/mol. The summed E-state index contributed by atoms with van der Waals surface area (Å²) in [6, 6.07) is 2.02. The standard InChI is InChI=1S/C9H14N4/c1-7(2)3-4-8-11-9(5-6-10)13-12-8/h7H,3-5H2,1-2H3,(H,11,12,13). The number of nitrogens with one attached hydrogen (secondary N) is 1. The van der Waals surface area contributed by atoms with Crippen LogP contribution in [-0.2, 0) is 12.8 Å². The second kappa shape index (κ2) is 4.61. The summed E-state index contributed by atoms with van der Waals surface area (Å²) in [5, 5.41) is 15.2. The maximum absolute atomic E-state index is 8.40. The van der Waals surface area contributed by atoms with Crippen LogP contribution in [0.4, 0.5) is 0 Å². The van der Waals surface area contributed by atoms with E-state index in [1.807, 2.05) is 6.07 Å². The maximum atomic E-state index is 8.40. The minimum Gasteiger partial charge on any atom is -0.263 e. The SMILES string of the molecule is CC(C)CCc1nc(CC#N)n[nH]1. The molecule has 0 radical (unpaired) electrons. The molecule has 1 rings (SSSR count). The van der Waals surface area contributed by atoms with Gasteiger partial charge in [0.05, 0.1) is 12.5 Å². The third-order valence-corrected chi connectivity index (χ3v) is 1.77. The Hall–Kier alpha value is -1.37. The summed E-state index contributed by atoms with van der Waals surface area (Å²) >= 11 is 0. The summed E-state index contributed by atoms with van der Waals surface area (Å²) in [5.41, 5.74) is 0. The van der Waals surface area contributed by atoms with Gasteiger partial charge in [-0.05, 0) is 12.3 Å². The Labute approximate surface area is 78.0 Å². The average molecular weight is 178 g/mol. The van der Waals surface area contributed by atoms with Crippen molar-refractivity contribution in [2.75, 3.05) is 0 Å². The highest BCUT2D eigenvalue weighted by Crippen LogP contribution is 2.04. The summed E-state index contributed by atoms with van der Waals surface area (Å²) in [4.78, 5) is 4.18. The molecule has 0 amide bonds. The normalized spacial score (nSPS) is 10.3. The highest BCUT2D eigenvalue weighted by Gasteiger charge is 2.03. The van der Waals surface area contributed by atoms with Crippen LogP contribution in [0.2, 0.25) is 0 Å². The second-order valence-electron chi connectivity index (χ2n) is 3.47. The summed E-state index contributed by atoms with van der Waals surface area (Å²) in [6.07, 6.45) is 2.30. The third kappa shape index (κ3) is 3.24. The van der Waals surface area contributed by atoms with Crippen LogP contribution in [0.5, 0.6) is 0 Å². The van der Waals surface area contributed by atoms with Crippen molar-refractivity contribution in [1.82, 2.24) is 15.2 Å². The molecular formula is C9H14N4. The van der Waals surface area contributed by atoms with Crippen LogP contribution in [0.15, 0.2) is 0 Å². The predicted molar refractivity (Wildman–Crippen MR) is 48.9 cm³/mol. The van der Waals surface area contributed by atoms with E-state index in [0.717, 1.165) is 18.7 Å². The fourth-order valence-corrected chi connectivity index (χ4v) is 1.02. The molecule has 13 heavy (non-hydrogen) atoms. The highest BCUT2D eigenvalue weighted by molar-refractivity contribution is 4.96. The number of nitrogens with zero attached hydrogens (tertiary/aromatic N) is 3. The summed E-state index contributed by atoms with van der Waals surface area (Å²) in [7, 11) is 0. The van der Waals surface area contributed by atoms with Gasteiger partial charge in [0.2, 0.25) is 0 Å². The van der Waals surface area contributed by atoms with E-state index in [4.69, 9.17) is 5.26 Å². The summed E-state index contributed by atoms with van der Waals surface area (Å²) < 4.78 is 0. The topological polar surface area (TPSA) is 65.4 Å². The Kier molecular flexibility index (Phi) is 3.44. The first-order valence-electron chi connectivity index (χ1n) is 4.49. The largest absolute Gasteiger partial charge is 0.263 e. The molecule has 1 N–H and O–H groups in total. The molecule has 0 saturated heterocycles. The number of hydrogen-bond acceptors (Lipinski definition) is 3. The number of hydrogen-bond donors (Lipinski definition) is 1. The Balaban J connectivity index is 2.45. The van der Waals surface area contributed by atoms with E-state index in [2.05, 4.69) is 29.0 Å². The Morgan fingerprint density at radius 3 is 2.92 bits per heavy atom. The number of rotatable bonds is 4. The van der Waals surface area contributed by atoms with Crippen molar-refractivity contribution in [3.8, 4) is 6.07 Å². The van der Waals surface area contributed by atoms with Crippen molar-refractivity contribution in [3.63, 3.8) is 0 Å². The molecule has 1 aromatic rings. The van der Waals surface area contributed by atoms with E-state index in [1.54, 1.807) is 0 Å². The predicted octanol–water partition coefficient (Wildman–Crippen LogP) is 1.46. The van der Waals surface area contributed by atoms with E-state index in [1.165, 1.54) is 0 Å². The number of aromatic nitrogens is 3. The van der Waals surface area contributed by atoms with Gasteiger partial charge in [0.1, 0.15) is 5.82 Å². The minimum absolute atomic E-state index is 0.290. The van der Waals surface area contributed by atoms with Crippen molar-refractivity contribution in [3.05, 3.63) is 11.6 Å². The molecule has 0 atom stereocenters. The number of aryl methyl sites for hydroxylation is 1. The average Bonchev–Trinajstić information content (AvgIpc) is 2.50. The van der Waals surface area contributed by atoms with E-state index in [0.29, 0.717) is 11.7 Å². The lowest BCUT2D eigenvalue weighted by molar-refractivity contribution is 0.575. The van der Waals surface area contributed by atoms with E-state index in [-0.39, 0.29) is 6.42 Å². The van der Waals surface area contributed by atoms with Gasteiger partial charge in [0.25, 0.3) is 0 Å². The van der Waals surface area contributed by atoms with Gasteiger partial charge in [-0.2, -0.15) is 10.4 Å². The molecule has 0 fully saturated rings. The molecule has 1 aromatic heterocycles. The first-order chi connectivity index (χ1) is 6.22. The van der Waals surface area contributed by atoms with Gasteiger partial charge in [0, 0.05) is 6.42 Å². The second-order valence-corrected chi connectivity index (χ2v) is 3.47. The monoisotopic (exact) mass is 178 g/mol. The third-order valence-electron chi connectivity index (χ3n) is 1.77. The van der Waals surface area contributed by atoms with Crippen LogP contribution in [0, 0.1) is 17.2 Å². The van der Waals surface area contributed by atoms with Crippen molar-refractivity contribution in [1.29, 1.82) is 5.26 Å². The van der Waals surface area contributed by atoms with Crippen LogP contribution in [-0.4, -0.2) is 15.2 Å². The van der Waals surface area contributed by atoms with Gasteiger partial charge < -0.3 is 0 Å². The maximum Gasteiger partial charge on any atom is 0.164 e. The molecule has 0 spiro atoms. The molecule has 4 nitrogen and oxygen atoms in total. The zero-order valence-corrected chi connectivity index (χ0v) is 8.04. The van der Waals surface area contributed by atoms with Crippen LogP contribution in [0.1, 0.15) is 31.9 Å². The first kappa shape index (κ1) is 9.72. The molecule has 0 aromatic carbocycles.